The van der Waals surface area contributed by atoms with Crippen molar-refractivity contribution in [2.75, 3.05) is 26.4 Å². The molecule has 4 heteroatoms. The van der Waals surface area contributed by atoms with E-state index in [2.05, 4.69) is 5.32 Å². The van der Waals surface area contributed by atoms with Crippen molar-refractivity contribution in [3.63, 3.8) is 0 Å². The van der Waals surface area contributed by atoms with E-state index < -0.39 is 5.41 Å². The average molecular weight is 263 g/mol. The molecule has 1 atom stereocenters. The van der Waals surface area contributed by atoms with E-state index in [9.17, 15) is 4.79 Å². The Morgan fingerprint density at radius 1 is 1.33 bits per heavy atom. The number of aliphatic hydroxyl groups is 1. The van der Waals surface area contributed by atoms with Crippen LogP contribution in [0.1, 0.15) is 55.3 Å². The SMILES string of the molecule is CC.CCCC(C)(CCO)C(=O)NCCOCC.[HH]. The van der Waals surface area contributed by atoms with Gasteiger partial charge in [-0.1, -0.05) is 34.1 Å². The number of nitrogens with one attached hydrogen (secondary N) is 1. The molecule has 0 saturated heterocycles. The molecule has 0 saturated carbocycles. The van der Waals surface area contributed by atoms with Crippen LogP contribution >= 0.6 is 0 Å². The Balaban J connectivity index is -0.000000809. The van der Waals surface area contributed by atoms with E-state index in [1.54, 1.807) is 0 Å². The summed E-state index contributed by atoms with van der Waals surface area (Å²) in [4.78, 5) is 11.9. The maximum atomic E-state index is 11.9. The number of carbonyl (C=O) groups is 1. The van der Waals surface area contributed by atoms with Gasteiger partial charge in [0.15, 0.2) is 0 Å². The largest absolute Gasteiger partial charge is 0.396 e. The smallest absolute Gasteiger partial charge is 0.226 e. The summed E-state index contributed by atoms with van der Waals surface area (Å²) in [7, 11) is 0. The summed E-state index contributed by atoms with van der Waals surface area (Å²) < 4.78 is 5.15. The Morgan fingerprint density at radius 2 is 1.94 bits per heavy atom. The molecule has 0 radical (unpaired) electrons. The third-order valence-corrected chi connectivity index (χ3v) is 2.75. The zero-order chi connectivity index (χ0) is 14.4. The summed E-state index contributed by atoms with van der Waals surface area (Å²) >= 11 is 0. The number of aliphatic hydroxyl groups excluding tert-OH is 1. The molecule has 18 heavy (non-hydrogen) atoms. The van der Waals surface area contributed by atoms with Gasteiger partial charge in [0.25, 0.3) is 0 Å². The minimum absolute atomic E-state index is 0. The number of rotatable bonds is 9. The second-order valence-corrected chi connectivity index (χ2v) is 4.24. The van der Waals surface area contributed by atoms with Crippen LogP contribution in [0.15, 0.2) is 0 Å². The topological polar surface area (TPSA) is 58.6 Å². The predicted octanol–water partition coefficient (Wildman–Crippen LogP) is 2.60. The van der Waals surface area contributed by atoms with Gasteiger partial charge in [-0.15, -0.1) is 0 Å². The van der Waals surface area contributed by atoms with Crippen molar-refractivity contribution in [2.24, 2.45) is 5.41 Å². The molecule has 4 nitrogen and oxygen atoms in total. The number of ether oxygens (including phenoxy) is 1. The Kier molecular flexibility index (Phi) is 14.1. The van der Waals surface area contributed by atoms with Crippen molar-refractivity contribution in [3.8, 4) is 0 Å². The van der Waals surface area contributed by atoms with Gasteiger partial charge in [0.2, 0.25) is 5.91 Å². The summed E-state index contributed by atoms with van der Waals surface area (Å²) in [6.45, 7) is 11.7. The molecular formula is C14H33NO3. The first-order valence-corrected chi connectivity index (χ1v) is 7.07. The van der Waals surface area contributed by atoms with Gasteiger partial charge in [0.05, 0.1) is 6.61 Å². The van der Waals surface area contributed by atoms with Gasteiger partial charge >= 0.3 is 0 Å². The van der Waals surface area contributed by atoms with Crippen LogP contribution in [-0.2, 0) is 9.53 Å². The van der Waals surface area contributed by atoms with E-state index in [1.165, 1.54) is 0 Å². The summed E-state index contributed by atoms with van der Waals surface area (Å²) in [5.74, 6) is 0.0168. The lowest BCUT2D eigenvalue weighted by molar-refractivity contribution is -0.131. The van der Waals surface area contributed by atoms with Crippen molar-refractivity contribution in [2.45, 2.75) is 53.9 Å². The van der Waals surface area contributed by atoms with Crippen LogP contribution in [0.25, 0.3) is 0 Å². The highest BCUT2D eigenvalue weighted by atomic mass is 16.5. The van der Waals surface area contributed by atoms with E-state index in [0.29, 0.717) is 26.2 Å². The number of hydrogen-bond donors (Lipinski definition) is 2. The van der Waals surface area contributed by atoms with Crippen LogP contribution in [0.2, 0.25) is 0 Å². The molecule has 0 aliphatic rings. The third-order valence-electron chi connectivity index (χ3n) is 2.75. The lowest BCUT2D eigenvalue weighted by atomic mass is 9.81. The Hall–Kier alpha value is -0.610. The Labute approximate surface area is 114 Å². The quantitative estimate of drug-likeness (QED) is 0.629. The van der Waals surface area contributed by atoms with Crippen molar-refractivity contribution >= 4 is 5.91 Å². The van der Waals surface area contributed by atoms with E-state index in [4.69, 9.17) is 9.84 Å². The van der Waals surface area contributed by atoms with E-state index in [0.717, 1.165) is 12.8 Å². The van der Waals surface area contributed by atoms with E-state index >= 15 is 0 Å². The fourth-order valence-electron chi connectivity index (χ4n) is 1.75. The molecule has 0 bridgehead atoms. The van der Waals surface area contributed by atoms with Crippen LogP contribution in [-0.4, -0.2) is 37.4 Å². The van der Waals surface area contributed by atoms with E-state index in [-0.39, 0.29) is 13.9 Å². The third kappa shape index (κ3) is 8.48. The molecule has 112 valence electrons. The number of carbonyl (C=O) groups excluding carboxylic acids is 1. The van der Waals surface area contributed by atoms with Gasteiger partial charge in [-0.2, -0.15) is 0 Å². The number of amides is 1. The molecule has 1 amide bonds. The van der Waals surface area contributed by atoms with Gasteiger partial charge < -0.3 is 15.2 Å². The van der Waals surface area contributed by atoms with E-state index in [1.807, 2.05) is 34.6 Å². The normalized spacial score (nSPS) is 13.2. The lowest BCUT2D eigenvalue weighted by Crippen LogP contribution is -2.41. The molecule has 2 N–H and O–H groups in total. The van der Waals surface area contributed by atoms with Gasteiger partial charge in [0.1, 0.15) is 0 Å². The molecular weight excluding hydrogens is 230 g/mol. The molecule has 0 aromatic rings. The molecule has 0 heterocycles. The Bertz CT molecular complexity index is 195. The minimum atomic E-state index is -0.449. The van der Waals surface area contributed by atoms with Gasteiger partial charge in [-0.25, -0.2) is 0 Å². The molecule has 0 aliphatic carbocycles. The fraction of sp³-hybridized carbons (Fsp3) is 0.929. The summed E-state index contributed by atoms with van der Waals surface area (Å²) in [6, 6.07) is 0. The first-order chi connectivity index (χ1) is 8.60. The average Bonchev–Trinajstić information content (AvgIpc) is 2.37. The molecule has 1 unspecified atom stereocenters. The summed E-state index contributed by atoms with van der Waals surface area (Å²) in [5.41, 5.74) is -0.449. The highest BCUT2D eigenvalue weighted by Crippen LogP contribution is 2.27. The Morgan fingerprint density at radius 3 is 2.39 bits per heavy atom. The van der Waals surface area contributed by atoms with Gasteiger partial charge in [0, 0.05) is 26.6 Å². The van der Waals surface area contributed by atoms with Crippen LogP contribution < -0.4 is 5.32 Å². The van der Waals surface area contributed by atoms with Gasteiger partial charge in [-0.05, 0) is 19.8 Å². The molecule has 0 aromatic heterocycles. The molecule has 0 aliphatic heterocycles. The standard InChI is InChI=1S/C12H25NO3.C2H6.H2/c1-4-6-12(3,7-9-14)11(15)13-8-10-16-5-2;1-2;/h14H,4-10H2,1-3H3,(H,13,15);1-2H3;1H. The van der Waals surface area contributed by atoms with Gasteiger partial charge in [-0.3, -0.25) is 4.79 Å². The maximum absolute atomic E-state index is 11.9. The van der Waals surface area contributed by atoms with Crippen molar-refractivity contribution in [3.05, 3.63) is 0 Å². The first-order valence-electron chi connectivity index (χ1n) is 7.07. The first kappa shape index (κ1) is 19.7. The monoisotopic (exact) mass is 263 g/mol. The van der Waals surface area contributed by atoms with Crippen molar-refractivity contribution in [1.29, 1.82) is 0 Å². The molecule has 0 spiro atoms. The second-order valence-electron chi connectivity index (χ2n) is 4.24. The molecule has 0 fully saturated rings. The molecule has 0 rings (SSSR count). The summed E-state index contributed by atoms with van der Waals surface area (Å²) in [6.07, 6.45) is 2.25. The number of hydrogen-bond acceptors (Lipinski definition) is 3. The molecule has 0 aromatic carbocycles. The highest BCUT2D eigenvalue weighted by Gasteiger charge is 2.31. The lowest BCUT2D eigenvalue weighted by Gasteiger charge is -2.27. The summed E-state index contributed by atoms with van der Waals surface area (Å²) in [5, 5.41) is 11.8. The maximum Gasteiger partial charge on any atom is 0.226 e. The fourth-order valence-corrected chi connectivity index (χ4v) is 1.75. The van der Waals surface area contributed by atoms with Crippen LogP contribution in [0.5, 0.6) is 0 Å². The van der Waals surface area contributed by atoms with Crippen molar-refractivity contribution < 1.29 is 16.1 Å². The minimum Gasteiger partial charge on any atom is -0.396 e. The zero-order valence-corrected chi connectivity index (χ0v) is 12.7. The zero-order valence-electron chi connectivity index (χ0n) is 12.7. The second kappa shape index (κ2) is 12.8. The van der Waals surface area contributed by atoms with Crippen molar-refractivity contribution in [1.82, 2.24) is 5.32 Å². The predicted molar refractivity (Wildman–Crippen MR) is 77.7 cm³/mol. The van der Waals surface area contributed by atoms with Crippen LogP contribution in [0, 0.1) is 5.41 Å². The highest BCUT2D eigenvalue weighted by molar-refractivity contribution is 5.82. The van der Waals surface area contributed by atoms with Crippen LogP contribution in [0.4, 0.5) is 0 Å². The van der Waals surface area contributed by atoms with Crippen LogP contribution in [0.3, 0.4) is 0 Å².